The SMILES string of the molecule is C=C1CC(C(CCC)Oc2ccc(C(=O)Oc3ccc(-c4ccc(C#N)cc4)cc3)cc2)OC1=O. The molecule has 0 spiro atoms. The van der Waals surface area contributed by atoms with E-state index in [0.717, 1.165) is 24.0 Å². The third kappa shape index (κ3) is 5.77. The average molecular weight is 468 g/mol. The minimum Gasteiger partial charge on any atom is -0.487 e. The maximum Gasteiger partial charge on any atom is 0.343 e. The van der Waals surface area contributed by atoms with Crippen LogP contribution in [0.15, 0.2) is 84.9 Å². The lowest BCUT2D eigenvalue weighted by atomic mass is 10.0. The maximum atomic E-state index is 12.6. The van der Waals surface area contributed by atoms with Crippen molar-refractivity contribution in [1.82, 2.24) is 0 Å². The third-order valence-electron chi connectivity index (χ3n) is 5.77. The van der Waals surface area contributed by atoms with Gasteiger partial charge in [-0.3, -0.25) is 0 Å². The second-order valence-corrected chi connectivity index (χ2v) is 8.32. The monoisotopic (exact) mass is 467 g/mol. The number of benzene rings is 3. The van der Waals surface area contributed by atoms with E-state index in [4.69, 9.17) is 19.5 Å². The van der Waals surface area contributed by atoms with E-state index in [0.29, 0.717) is 34.6 Å². The van der Waals surface area contributed by atoms with Crippen molar-refractivity contribution in [2.75, 3.05) is 0 Å². The predicted octanol–water partition coefficient (Wildman–Crippen LogP) is 5.86. The number of nitrogens with zero attached hydrogens (tertiary/aromatic N) is 1. The Bertz CT molecular complexity index is 1240. The summed E-state index contributed by atoms with van der Waals surface area (Å²) >= 11 is 0. The van der Waals surface area contributed by atoms with Gasteiger partial charge in [-0.1, -0.05) is 44.2 Å². The van der Waals surface area contributed by atoms with Gasteiger partial charge >= 0.3 is 11.9 Å². The average Bonchev–Trinajstić information content (AvgIpc) is 3.22. The standard InChI is InChI=1S/C29H25NO5/c1-3-4-26(27-17-19(2)28(31)35-27)33-24-15-11-23(12-16-24)29(32)34-25-13-9-22(10-14-25)21-7-5-20(18-30)6-8-21/h5-16,26-27H,2-4,17H2,1H3. The Morgan fingerprint density at radius 2 is 1.63 bits per heavy atom. The molecule has 2 unspecified atom stereocenters. The zero-order chi connectivity index (χ0) is 24.8. The first-order valence-electron chi connectivity index (χ1n) is 11.4. The van der Waals surface area contributed by atoms with E-state index in [1.807, 2.05) is 31.2 Å². The Hall–Kier alpha value is -4.37. The van der Waals surface area contributed by atoms with E-state index < -0.39 is 5.97 Å². The van der Waals surface area contributed by atoms with Gasteiger partial charge in [0.2, 0.25) is 0 Å². The lowest BCUT2D eigenvalue weighted by Gasteiger charge is -2.23. The van der Waals surface area contributed by atoms with Crippen molar-refractivity contribution >= 4 is 11.9 Å². The molecule has 0 radical (unpaired) electrons. The highest BCUT2D eigenvalue weighted by Crippen LogP contribution is 2.28. The van der Waals surface area contributed by atoms with Crippen LogP contribution in [-0.2, 0) is 9.53 Å². The number of hydrogen-bond donors (Lipinski definition) is 0. The molecule has 3 aromatic rings. The van der Waals surface area contributed by atoms with Crippen LogP contribution in [0, 0.1) is 11.3 Å². The lowest BCUT2D eigenvalue weighted by Crippen LogP contribution is -2.31. The molecule has 6 nitrogen and oxygen atoms in total. The lowest BCUT2D eigenvalue weighted by molar-refractivity contribution is -0.142. The van der Waals surface area contributed by atoms with Gasteiger partial charge in [0, 0.05) is 12.0 Å². The molecular formula is C29H25NO5. The van der Waals surface area contributed by atoms with Crippen molar-refractivity contribution in [2.24, 2.45) is 0 Å². The highest BCUT2D eigenvalue weighted by Gasteiger charge is 2.34. The van der Waals surface area contributed by atoms with Crippen LogP contribution >= 0.6 is 0 Å². The summed E-state index contributed by atoms with van der Waals surface area (Å²) in [7, 11) is 0. The zero-order valence-corrected chi connectivity index (χ0v) is 19.4. The molecule has 35 heavy (non-hydrogen) atoms. The number of hydrogen-bond acceptors (Lipinski definition) is 6. The Morgan fingerprint density at radius 3 is 2.17 bits per heavy atom. The highest BCUT2D eigenvalue weighted by atomic mass is 16.6. The summed E-state index contributed by atoms with van der Waals surface area (Å²) < 4.78 is 17.0. The van der Waals surface area contributed by atoms with Gasteiger partial charge in [-0.15, -0.1) is 0 Å². The molecule has 1 aliphatic heterocycles. The molecule has 1 aliphatic rings. The van der Waals surface area contributed by atoms with Crippen LogP contribution in [0.4, 0.5) is 0 Å². The Morgan fingerprint density at radius 1 is 1.03 bits per heavy atom. The largest absolute Gasteiger partial charge is 0.487 e. The van der Waals surface area contributed by atoms with E-state index in [2.05, 4.69) is 12.6 Å². The van der Waals surface area contributed by atoms with E-state index in [1.165, 1.54) is 0 Å². The Labute approximate surface area is 204 Å². The molecule has 1 heterocycles. The van der Waals surface area contributed by atoms with Crippen molar-refractivity contribution in [3.05, 3.63) is 96.1 Å². The van der Waals surface area contributed by atoms with Gasteiger partial charge < -0.3 is 14.2 Å². The first-order valence-corrected chi connectivity index (χ1v) is 11.4. The summed E-state index contributed by atoms with van der Waals surface area (Å²) in [4.78, 5) is 24.3. The molecule has 0 saturated carbocycles. The van der Waals surface area contributed by atoms with Crippen LogP contribution in [0.5, 0.6) is 11.5 Å². The van der Waals surface area contributed by atoms with Gasteiger partial charge in [-0.05, 0) is 66.1 Å². The number of ether oxygens (including phenoxy) is 3. The van der Waals surface area contributed by atoms with E-state index >= 15 is 0 Å². The molecule has 0 N–H and O–H groups in total. The minimum atomic E-state index is -0.478. The molecule has 6 heteroatoms. The maximum absolute atomic E-state index is 12.6. The normalized spacial score (nSPS) is 15.7. The summed E-state index contributed by atoms with van der Waals surface area (Å²) in [5, 5.41) is 8.93. The van der Waals surface area contributed by atoms with Gasteiger partial charge in [-0.25, -0.2) is 9.59 Å². The fourth-order valence-electron chi connectivity index (χ4n) is 3.86. The van der Waals surface area contributed by atoms with Crippen molar-refractivity contribution in [3.63, 3.8) is 0 Å². The summed E-state index contributed by atoms with van der Waals surface area (Å²) in [6, 6.07) is 23.3. The molecular weight excluding hydrogens is 442 g/mol. The number of carbonyl (C=O) groups is 2. The van der Waals surface area contributed by atoms with Crippen LogP contribution in [0.1, 0.15) is 42.1 Å². The zero-order valence-electron chi connectivity index (χ0n) is 19.4. The summed E-state index contributed by atoms with van der Waals surface area (Å²) in [6.45, 7) is 5.77. The second kappa shape index (κ2) is 10.7. The molecule has 0 aromatic heterocycles. The number of nitriles is 1. The first kappa shape index (κ1) is 23.8. The van der Waals surface area contributed by atoms with Crippen LogP contribution in [0.25, 0.3) is 11.1 Å². The van der Waals surface area contributed by atoms with Crippen LogP contribution < -0.4 is 9.47 Å². The van der Waals surface area contributed by atoms with Crippen molar-refractivity contribution in [1.29, 1.82) is 5.26 Å². The van der Waals surface area contributed by atoms with Gasteiger partial charge in [0.05, 0.1) is 17.2 Å². The van der Waals surface area contributed by atoms with Gasteiger partial charge in [0.25, 0.3) is 0 Å². The van der Waals surface area contributed by atoms with Gasteiger partial charge in [0.1, 0.15) is 23.7 Å². The molecule has 1 saturated heterocycles. The number of carbonyl (C=O) groups excluding carboxylic acids is 2. The van der Waals surface area contributed by atoms with E-state index in [1.54, 1.807) is 48.5 Å². The fraction of sp³-hybridized carbons (Fsp3) is 0.207. The quantitative estimate of drug-likeness (QED) is 0.234. The van der Waals surface area contributed by atoms with Gasteiger partial charge in [-0.2, -0.15) is 5.26 Å². The first-order chi connectivity index (χ1) is 17.0. The molecule has 0 amide bonds. The fourth-order valence-corrected chi connectivity index (χ4v) is 3.86. The summed E-state index contributed by atoms with van der Waals surface area (Å²) in [5.74, 6) is 0.163. The van der Waals surface area contributed by atoms with E-state index in [-0.39, 0.29) is 18.2 Å². The number of cyclic esters (lactones) is 1. The molecule has 0 bridgehead atoms. The van der Waals surface area contributed by atoms with Gasteiger partial charge in [0.15, 0.2) is 0 Å². The smallest absolute Gasteiger partial charge is 0.343 e. The number of rotatable bonds is 8. The van der Waals surface area contributed by atoms with Crippen molar-refractivity contribution in [2.45, 2.75) is 38.4 Å². The van der Waals surface area contributed by atoms with Crippen LogP contribution in [-0.4, -0.2) is 24.1 Å². The predicted molar refractivity (Wildman–Crippen MR) is 131 cm³/mol. The number of esters is 2. The van der Waals surface area contributed by atoms with Crippen LogP contribution in [0.3, 0.4) is 0 Å². The highest BCUT2D eigenvalue weighted by molar-refractivity contribution is 5.91. The third-order valence-corrected chi connectivity index (χ3v) is 5.77. The molecule has 3 aromatic carbocycles. The van der Waals surface area contributed by atoms with Crippen molar-refractivity contribution < 1.29 is 23.8 Å². The second-order valence-electron chi connectivity index (χ2n) is 8.32. The van der Waals surface area contributed by atoms with E-state index in [9.17, 15) is 9.59 Å². The Balaban J connectivity index is 1.37. The minimum absolute atomic E-state index is 0.282. The molecule has 4 rings (SSSR count). The Kier molecular flexibility index (Phi) is 7.27. The summed E-state index contributed by atoms with van der Waals surface area (Å²) in [5.41, 5.74) is 3.37. The summed E-state index contributed by atoms with van der Waals surface area (Å²) in [6.07, 6.45) is 1.42. The molecule has 0 aliphatic carbocycles. The van der Waals surface area contributed by atoms with Crippen LogP contribution in [0.2, 0.25) is 0 Å². The molecule has 176 valence electrons. The molecule has 2 atom stereocenters. The van der Waals surface area contributed by atoms with Crippen molar-refractivity contribution in [3.8, 4) is 28.7 Å². The topological polar surface area (TPSA) is 85.6 Å². The molecule has 1 fully saturated rings.